The first-order chi connectivity index (χ1) is 6.86. The van der Waals surface area contributed by atoms with Gasteiger partial charge >= 0.3 is 0 Å². The molecule has 0 saturated heterocycles. The molecule has 1 aliphatic rings. The molecule has 0 aromatic heterocycles. The predicted molar refractivity (Wildman–Crippen MR) is 59.8 cm³/mol. The number of hydrogen-bond donors (Lipinski definition) is 0. The van der Waals surface area contributed by atoms with Crippen molar-refractivity contribution in [3.05, 3.63) is 47.0 Å². The highest BCUT2D eigenvalue weighted by Gasteiger charge is 2.06. The van der Waals surface area contributed by atoms with Crippen molar-refractivity contribution in [2.45, 2.75) is 0 Å². The second-order valence-corrected chi connectivity index (χ2v) is 3.88. The largest absolute Gasteiger partial charge is 0.289 e. The van der Waals surface area contributed by atoms with Crippen LogP contribution >= 0.6 is 11.8 Å². The Hall–Kier alpha value is -1.35. The van der Waals surface area contributed by atoms with E-state index in [0.29, 0.717) is 5.56 Å². The van der Waals surface area contributed by atoms with Crippen LogP contribution in [0.3, 0.4) is 0 Å². The summed E-state index contributed by atoms with van der Waals surface area (Å²) in [6.45, 7) is 0. The van der Waals surface area contributed by atoms with Crippen molar-refractivity contribution in [1.29, 1.82) is 0 Å². The number of ketones is 1. The third-order valence-corrected chi connectivity index (χ3v) is 2.67. The molecule has 0 aliphatic carbocycles. The maximum Gasteiger partial charge on any atom is 0.188 e. The van der Waals surface area contributed by atoms with E-state index < -0.39 is 0 Å². The molecule has 3 heteroatoms. The van der Waals surface area contributed by atoms with E-state index in [2.05, 4.69) is 4.99 Å². The number of aliphatic imine (C=N–C) groups is 1. The summed E-state index contributed by atoms with van der Waals surface area (Å²) < 4.78 is 0. The molecule has 0 N–H and O–H groups in total. The SMILES string of the molecule is O=C(/C=C1/N=CCS1)c1ccccc1. The topological polar surface area (TPSA) is 29.4 Å². The smallest absolute Gasteiger partial charge is 0.188 e. The second kappa shape index (κ2) is 4.24. The zero-order valence-electron chi connectivity index (χ0n) is 7.51. The molecule has 14 heavy (non-hydrogen) atoms. The fraction of sp³-hybridized carbons (Fsp3) is 0.0909. The zero-order valence-corrected chi connectivity index (χ0v) is 8.33. The lowest BCUT2D eigenvalue weighted by molar-refractivity contribution is 0.104. The number of allylic oxidation sites excluding steroid dienone is 1. The molecule has 2 rings (SSSR count). The van der Waals surface area contributed by atoms with Crippen LogP contribution in [0.25, 0.3) is 0 Å². The molecule has 0 radical (unpaired) electrons. The van der Waals surface area contributed by atoms with Crippen LogP contribution in [0.2, 0.25) is 0 Å². The summed E-state index contributed by atoms with van der Waals surface area (Å²) in [5.74, 6) is 0.889. The van der Waals surface area contributed by atoms with Crippen molar-refractivity contribution in [2.24, 2.45) is 4.99 Å². The van der Waals surface area contributed by atoms with Gasteiger partial charge in [0.15, 0.2) is 5.78 Å². The number of hydrogen-bond acceptors (Lipinski definition) is 3. The van der Waals surface area contributed by atoms with E-state index in [-0.39, 0.29) is 5.78 Å². The molecular formula is C11H9NOS. The molecule has 0 bridgehead atoms. The summed E-state index contributed by atoms with van der Waals surface area (Å²) in [5.41, 5.74) is 0.711. The van der Waals surface area contributed by atoms with Gasteiger partial charge < -0.3 is 0 Å². The highest BCUT2D eigenvalue weighted by molar-refractivity contribution is 8.04. The van der Waals surface area contributed by atoms with Crippen LogP contribution in [0, 0.1) is 0 Å². The summed E-state index contributed by atoms with van der Waals surface area (Å²) in [6.07, 6.45) is 3.40. The molecule has 2 nitrogen and oxygen atoms in total. The molecule has 0 atom stereocenters. The van der Waals surface area contributed by atoms with E-state index in [1.807, 2.05) is 36.5 Å². The van der Waals surface area contributed by atoms with E-state index in [0.717, 1.165) is 10.8 Å². The third-order valence-electron chi connectivity index (χ3n) is 1.84. The molecule has 1 aliphatic heterocycles. The molecule has 1 heterocycles. The number of thioether (sulfide) groups is 1. The Morgan fingerprint density at radius 1 is 1.36 bits per heavy atom. The summed E-state index contributed by atoms with van der Waals surface area (Å²) in [5, 5.41) is 0.804. The fourth-order valence-electron chi connectivity index (χ4n) is 1.16. The Kier molecular flexibility index (Phi) is 2.79. The van der Waals surface area contributed by atoms with Crippen LogP contribution in [0.1, 0.15) is 10.4 Å². The van der Waals surface area contributed by atoms with Gasteiger partial charge in [-0.3, -0.25) is 9.79 Å². The zero-order chi connectivity index (χ0) is 9.80. The number of rotatable bonds is 2. The van der Waals surface area contributed by atoms with Crippen LogP contribution < -0.4 is 0 Å². The van der Waals surface area contributed by atoms with E-state index in [1.165, 1.54) is 0 Å². The molecule has 0 amide bonds. The molecule has 0 spiro atoms. The van der Waals surface area contributed by atoms with Gasteiger partial charge in [0, 0.05) is 23.6 Å². The Balaban J connectivity index is 2.17. The summed E-state index contributed by atoms with van der Waals surface area (Å²) in [6, 6.07) is 9.23. The Morgan fingerprint density at radius 2 is 2.14 bits per heavy atom. The number of nitrogens with zero attached hydrogens (tertiary/aromatic N) is 1. The maximum atomic E-state index is 11.6. The second-order valence-electron chi connectivity index (χ2n) is 2.84. The van der Waals surface area contributed by atoms with Gasteiger partial charge in [0.1, 0.15) is 0 Å². The van der Waals surface area contributed by atoms with E-state index in [4.69, 9.17) is 0 Å². The lowest BCUT2D eigenvalue weighted by Gasteiger charge is -1.94. The average Bonchev–Trinajstić information content (AvgIpc) is 2.72. The van der Waals surface area contributed by atoms with Crippen LogP contribution in [-0.2, 0) is 0 Å². The summed E-state index contributed by atoms with van der Waals surface area (Å²) in [4.78, 5) is 15.7. The lowest BCUT2D eigenvalue weighted by Crippen LogP contribution is -1.93. The minimum absolute atomic E-state index is 0.0205. The van der Waals surface area contributed by atoms with E-state index >= 15 is 0 Å². The molecule has 0 fully saturated rings. The summed E-state index contributed by atoms with van der Waals surface area (Å²) in [7, 11) is 0. The van der Waals surface area contributed by atoms with Crippen LogP contribution in [0.15, 0.2) is 46.4 Å². The highest BCUT2D eigenvalue weighted by Crippen LogP contribution is 2.21. The minimum Gasteiger partial charge on any atom is -0.289 e. The van der Waals surface area contributed by atoms with Gasteiger partial charge in [0.25, 0.3) is 0 Å². The third kappa shape index (κ3) is 2.12. The summed E-state index contributed by atoms with van der Waals surface area (Å²) >= 11 is 1.58. The van der Waals surface area contributed by atoms with Gasteiger partial charge in [-0.15, -0.1) is 11.8 Å². The van der Waals surface area contributed by atoms with E-state index in [1.54, 1.807) is 17.8 Å². The first-order valence-electron chi connectivity index (χ1n) is 4.33. The van der Waals surface area contributed by atoms with Gasteiger partial charge in [-0.05, 0) is 0 Å². The van der Waals surface area contributed by atoms with Crippen LogP contribution in [0.5, 0.6) is 0 Å². The molecule has 0 saturated carbocycles. The van der Waals surface area contributed by atoms with Crippen LogP contribution in [-0.4, -0.2) is 17.8 Å². The normalized spacial score (nSPS) is 17.6. The minimum atomic E-state index is 0.0205. The first kappa shape index (κ1) is 9.21. The number of benzene rings is 1. The Morgan fingerprint density at radius 3 is 2.79 bits per heavy atom. The maximum absolute atomic E-state index is 11.6. The average molecular weight is 203 g/mol. The van der Waals surface area contributed by atoms with Gasteiger partial charge in [0.2, 0.25) is 0 Å². The van der Waals surface area contributed by atoms with Gasteiger partial charge in [0.05, 0.1) is 5.03 Å². The van der Waals surface area contributed by atoms with Gasteiger partial charge in [-0.25, -0.2) is 0 Å². The van der Waals surface area contributed by atoms with Crippen molar-refractivity contribution in [2.75, 3.05) is 5.75 Å². The monoisotopic (exact) mass is 203 g/mol. The molecule has 70 valence electrons. The molecule has 1 aromatic rings. The standard InChI is InChI=1S/C11H9NOS/c13-10(8-11-12-6-7-14-11)9-4-2-1-3-5-9/h1-6,8H,7H2/b11-8-. The van der Waals surface area contributed by atoms with Crippen molar-refractivity contribution in [1.82, 2.24) is 0 Å². The fourth-order valence-corrected chi connectivity index (χ4v) is 1.82. The number of carbonyl (C=O) groups excluding carboxylic acids is 1. The quantitative estimate of drug-likeness (QED) is 0.546. The molecule has 0 unspecified atom stereocenters. The molecular weight excluding hydrogens is 194 g/mol. The Bertz CT molecular complexity index is 395. The van der Waals surface area contributed by atoms with Crippen LogP contribution in [0.4, 0.5) is 0 Å². The van der Waals surface area contributed by atoms with Crippen molar-refractivity contribution in [3.8, 4) is 0 Å². The van der Waals surface area contributed by atoms with Gasteiger partial charge in [-0.2, -0.15) is 0 Å². The first-order valence-corrected chi connectivity index (χ1v) is 5.31. The molecule has 1 aromatic carbocycles. The van der Waals surface area contributed by atoms with Gasteiger partial charge in [-0.1, -0.05) is 30.3 Å². The van der Waals surface area contributed by atoms with Crippen molar-refractivity contribution < 1.29 is 4.79 Å². The highest BCUT2D eigenvalue weighted by atomic mass is 32.2. The van der Waals surface area contributed by atoms with E-state index in [9.17, 15) is 4.79 Å². The Labute approximate surface area is 86.7 Å². The number of carbonyl (C=O) groups is 1. The van der Waals surface area contributed by atoms with Crippen molar-refractivity contribution in [3.63, 3.8) is 0 Å². The lowest BCUT2D eigenvalue weighted by atomic mass is 10.1. The van der Waals surface area contributed by atoms with Crippen molar-refractivity contribution >= 4 is 23.8 Å². The predicted octanol–water partition coefficient (Wildman–Crippen LogP) is 2.53.